The Morgan fingerprint density at radius 2 is 2.03 bits per heavy atom. The maximum Gasteiger partial charge on any atom is 0.290 e. The minimum absolute atomic E-state index is 0.0336. The van der Waals surface area contributed by atoms with Crippen LogP contribution in [0.1, 0.15) is 52.7 Å². The molecule has 4 rings (SSSR count). The molecule has 0 bridgehead atoms. The van der Waals surface area contributed by atoms with Crippen LogP contribution in [0.5, 0.6) is 5.95 Å². The normalized spacial score (nSPS) is 26.4. The fraction of sp³-hybridized carbons (Fsp3) is 0.464. The lowest BCUT2D eigenvalue weighted by Gasteiger charge is -2.25. The van der Waals surface area contributed by atoms with Gasteiger partial charge in [-0.05, 0) is 61.5 Å². The van der Waals surface area contributed by atoms with Gasteiger partial charge in [-0.25, -0.2) is 0 Å². The van der Waals surface area contributed by atoms with Crippen molar-refractivity contribution < 1.29 is 18.6 Å². The number of furan rings is 1. The SMILES string of the molecule is C=C(CC1=C(OC)CC(C)C=C1OC)c1ccc(OC2=CC(C(C)(C)C#N)=CC3CC23C)o1. The number of allylic oxidation sites excluding steroid dienone is 8. The Bertz CT molecular complexity index is 1140. The van der Waals surface area contributed by atoms with Crippen LogP contribution in [0.4, 0.5) is 0 Å². The van der Waals surface area contributed by atoms with E-state index in [1.54, 1.807) is 14.2 Å². The first-order chi connectivity index (χ1) is 15.6. The molecule has 1 aromatic rings. The van der Waals surface area contributed by atoms with Gasteiger partial charge in [-0.1, -0.05) is 26.5 Å². The van der Waals surface area contributed by atoms with Gasteiger partial charge in [-0.15, -0.1) is 0 Å². The highest BCUT2D eigenvalue weighted by atomic mass is 16.6. The summed E-state index contributed by atoms with van der Waals surface area (Å²) in [7, 11) is 3.38. The van der Waals surface area contributed by atoms with Gasteiger partial charge in [-0.2, -0.15) is 5.26 Å². The molecule has 0 saturated heterocycles. The van der Waals surface area contributed by atoms with E-state index in [1.807, 2.05) is 32.1 Å². The number of hydrogen-bond donors (Lipinski definition) is 0. The Morgan fingerprint density at radius 3 is 2.70 bits per heavy atom. The molecule has 3 unspecified atom stereocenters. The number of methoxy groups -OCH3 is 2. The summed E-state index contributed by atoms with van der Waals surface area (Å²) >= 11 is 0. The summed E-state index contributed by atoms with van der Waals surface area (Å²) < 4.78 is 23.5. The topological polar surface area (TPSA) is 64.6 Å². The zero-order chi connectivity index (χ0) is 24.0. The van der Waals surface area contributed by atoms with Crippen LogP contribution in [0.3, 0.4) is 0 Å². The van der Waals surface area contributed by atoms with Gasteiger partial charge >= 0.3 is 0 Å². The molecular formula is C28H33NO4. The van der Waals surface area contributed by atoms with Crippen LogP contribution >= 0.6 is 0 Å². The van der Waals surface area contributed by atoms with Crippen LogP contribution in [0.15, 0.2) is 69.8 Å². The summed E-state index contributed by atoms with van der Waals surface area (Å²) in [5.74, 6) is 4.47. The van der Waals surface area contributed by atoms with Crippen molar-refractivity contribution >= 4 is 5.57 Å². The molecule has 0 aromatic carbocycles. The summed E-state index contributed by atoms with van der Waals surface area (Å²) in [4.78, 5) is 0. The Morgan fingerprint density at radius 1 is 1.27 bits per heavy atom. The Hall–Kier alpha value is -3.13. The highest BCUT2D eigenvalue weighted by Crippen LogP contribution is 2.62. The van der Waals surface area contributed by atoms with Gasteiger partial charge < -0.3 is 18.6 Å². The second-order valence-corrected chi connectivity index (χ2v) is 10.1. The van der Waals surface area contributed by atoms with Crippen molar-refractivity contribution in [3.8, 4) is 12.0 Å². The highest BCUT2D eigenvalue weighted by molar-refractivity contribution is 5.64. The van der Waals surface area contributed by atoms with E-state index in [4.69, 9.17) is 18.6 Å². The van der Waals surface area contributed by atoms with Gasteiger partial charge in [0.15, 0.2) is 0 Å². The molecule has 3 aliphatic rings. The number of rotatable bonds is 8. The average molecular weight is 448 g/mol. The minimum Gasteiger partial charge on any atom is -0.501 e. The van der Waals surface area contributed by atoms with E-state index in [0.29, 0.717) is 30.0 Å². The zero-order valence-corrected chi connectivity index (χ0v) is 20.5. The van der Waals surface area contributed by atoms with Crippen LogP contribution in [-0.2, 0) is 9.47 Å². The lowest BCUT2D eigenvalue weighted by Crippen LogP contribution is -2.18. The van der Waals surface area contributed by atoms with Crippen LogP contribution in [0, 0.1) is 34.0 Å². The molecule has 0 spiro atoms. The fourth-order valence-electron chi connectivity index (χ4n) is 4.62. The van der Waals surface area contributed by atoms with E-state index in [9.17, 15) is 5.26 Å². The van der Waals surface area contributed by atoms with Crippen molar-refractivity contribution in [2.45, 2.75) is 47.0 Å². The number of nitrogens with zero attached hydrogens (tertiary/aromatic N) is 1. The van der Waals surface area contributed by atoms with E-state index in [0.717, 1.165) is 46.8 Å². The molecule has 0 N–H and O–H groups in total. The second kappa shape index (κ2) is 8.33. The van der Waals surface area contributed by atoms with Gasteiger partial charge in [0.25, 0.3) is 5.95 Å². The third-order valence-corrected chi connectivity index (χ3v) is 7.11. The lowest BCUT2D eigenvalue weighted by atomic mass is 9.81. The van der Waals surface area contributed by atoms with E-state index in [2.05, 4.69) is 38.6 Å². The molecular weight excluding hydrogens is 414 g/mol. The molecule has 1 heterocycles. The quantitative estimate of drug-likeness (QED) is 0.432. The molecule has 33 heavy (non-hydrogen) atoms. The van der Waals surface area contributed by atoms with Crippen molar-refractivity contribution in [3.63, 3.8) is 0 Å². The Balaban J connectivity index is 1.52. The fourth-order valence-corrected chi connectivity index (χ4v) is 4.62. The first-order valence-corrected chi connectivity index (χ1v) is 11.4. The third-order valence-electron chi connectivity index (χ3n) is 7.11. The van der Waals surface area contributed by atoms with Crippen LogP contribution in [0.2, 0.25) is 0 Å². The largest absolute Gasteiger partial charge is 0.501 e. The van der Waals surface area contributed by atoms with Gasteiger partial charge in [0.1, 0.15) is 23.0 Å². The van der Waals surface area contributed by atoms with Crippen LogP contribution in [-0.4, -0.2) is 14.2 Å². The molecule has 1 aromatic heterocycles. The van der Waals surface area contributed by atoms with Crippen LogP contribution in [0.25, 0.3) is 5.57 Å². The van der Waals surface area contributed by atoms with E-state index < -0.39 is 5.41 Å². The molecule has 0 radical (unpaired) electrons. The van der Waals surface area contributed by atoms with E-state index in [1.165, 1.54) is 0 Å². The molecule has 3 atom stereocenters. The lowest BCUT2D eigenvalue weighted by molar-refractivity contribution is 0.237. The summed E-state index contributed by atoms with van der Waals surface area (Å²) in [6.07, 6.45) is 8.77. The average Bonchev–Trinajstić information content (AvgIpc) is 3.25. The molecule has 5 nitrogen and oxygen atoms in total. The molecule has 3 aliphatic carbocycles. The smallest absolute Gasteiger partial charge is 0.290 e. The van der Waals surface area contributed by atoms with Crippen molar-refractivity contribution in [1.82, 2.24) is 0 Å². The van der Waals surface area contributed by atoms with Crippen molar-refractivity contribution in [2.24, 2.45) is 22.7 Å². The molecule has 0 amide bonds. The number of hydrogen-bond acceptors (Lipinski definition) is 5. The van der Waals surface area contributed by atoms with Gasteiger partial charge in [0.05, 0.1) is 25.7 Å². The maximum absolute atomic E-state index is 9.56. The predicted molar refractivity (Wildman–Crippen MR) is 128 cm³/mol. The number of ether oxygens (including phenoxy) is 3. The Labute approximate surface area is 196 Å². The van der Waals surface area contributed by atoms with E-state index in [-0.39, 0.29) is 5.41 Å². The number of nitriles is 1. The molecule has 0 aliphatic heterocycles. The molecule has 5 heteroatoms. The van der Waals surface area contributed by atoms with Gasteiger partial charge in [0, 0.05) is 29.9 Å². The zero-order valence-electron chi connectivity index (χ0n) is 20.5. The van der Waals surface area contributed by atoms with Crippen molar-refractivity contribution in [1.29, 1.82) is 5.26 Å². The summed E-state index contributed by atoms with van der Waals surface area (Å²) in [5.41, 5.74) is 2.23. The summed E-state index contributed by atoms with van der Waals surface area (Å²) in [5, 5.41) is 9.56. The summed E-state index contributed by atoms with van der Waals surface area (Å²) in [6.45, 7) is 12.5. The van der Waals surface area contributed by atoms with Gasteiger partial charge in [0.2, 0.25) is 0 Å². The third kappa shape index (κ3) is 4.27. The van der Waals surface area contributed by atoms with Gasteiger partial charge in [-0.3, -0.25) is 0 Å². The molecule has 174 valence electrons. The summed E-state index contributed by atoms with van der Waals surface area (Å²) in [6, 6.07) is 6.11. The standard InChI is InChI=1S/C28H33NO4/c1-17-10-23(30-6)21(24(11-17)31-7)12-18(2)22-8-9-26(32-22)33-25-14-19(27(3,4)16-29)13-20-15-28(20,25)5/h8-10,13-14,17,20H,2,11-12,15H2,1,3-7H3. The predicted octanol–water partition coefficient (Wildman–Crippen LogP) is 6.93. The minimum atomic E-state index is -0.558. The van der Waals surface area contributed by atoms with Crippen molar-refractivity contribution in [3.05, 3.63) is 71.1 Å². The second-order valence-electron chi connectivity index (χ2n) is 10.1. The highest BCUT2D eigenvalue weighted by Gasteiger charge is 2.55. The number of fused-ring (bicyclic) bond motifs is 1. The first kappa shape index (κ1) is 23.0. The Kier molecular flexibility index (Phi) is 5.82. The van der Waals surface area contributed by atoms with Crippen LogP contribution < -0.4 is 4.74 Å². The maximum atomic E-state index is 9.56. The monoisotopic (exact) mass is 447 g/mol. The van der Waals surface area contributed by atoms with E-state index >= 15 is 0 Å². The van der Waals surface area contributed by atoms with Crippen molar-refractivity contribution in [2.75, 3.05) is 14.2 Å². The first-order valence-electron chi connectivity index (χ1n) is 11.4. The molecule has 1 saturated carbocycles. The molecule has 1 fully saturated rings.